The van der Waals surface area contributed by atoms with Crippen LogP contribution < -0.4 is 0 Å². The van der Waals surface area contributed by atoms with Crippen LogP contribution in [0.25, 0.3) is 0 Å². The minimum absolute atomic E-state index is 0.105. The number of hydrogen-bond donors (Lipinski definition) is 2. The Bertz CT molecular complexity index is 553. The smallest absolute Gasteiger partial charge is 0.223 e. The average molecular weight is 275 g/mol. The molecular weight excluding hydrogens is 254 g/mol. The van der Waals surface area contributed by atoms with Gasteiger partial charge < -0.3 is 9.88 Å². The maximum Gasteiger partial charge on any atom is 0.223 e. The highest BCUT2D eigenvalue weighted by Crippen LogP contribution is 2.24. The molecule has 0 saturated carbocycles. The first-order valence-electron chi connectivity index (χ1n) is 6.72. The summed E-state index contributed by atoms with van der Waals surface area (Å²) in [6.45, 7) is 6.51. The summed E-state index contributed by atoms with van der Waals surface area (Å²) in [6.07, 6.45) is 3.92. The number of imidazole rings is 1. The van der Waals surface area contributed by atoms with Crippen LogP contribution in [-0.2, 0) is 11.3 Å². The molecule has 0 saturated heterocycles. The van der Waals surface area contributed by atoms with E-state index in [2.05, 4.69) is 27.1 Å². The summed E-state index contributed by atoms with van der Waals surface area (Å²) in [7, 11) is 1.80. The summed E-state index contributed by atoms with van der Waals surface area (Å²) in [5.41, 5.74) is 3.15. The Morgan fingerprint density at radius 1 is 1.45 bits per heavy atom. The minimum Gasteiger partial charge on any atom is -0.347 e. The molecule has 0 bridgehead atoms. The summed E-state index contributed by atoms with van der Waals surface area (Å²) in [5.74, 6) is 1.05. The molecule has 0 aromatic carbocycles. The number of nitrogens with zero attached hydrogens (tertiary/aromatic N) is 3. The van der Waals surface area contributed by atoms with Crippen molar-refractivity contribution < 1.29 is 4.79 Å². The third-order valence-electron chi connectivity index (χ3n) is 3.53. The van der Waals surface area contributed by atoms with Crippen molar-refractivity contribution in [1.29, 1.82) is 0 Å². The first-order chi connectivity index (χ1) is 9.49. The third-order valence-corrected chi connectivity index (χ3v) is 3.53. The highest BCUT2D eigenvalue weighted by Gasteiger charge is 2.20. The maximum atomic E-state index is 12.3. The van der Waals surface area contributed by atoms with Gasteiger partial charge in [0, 0.05) is 31.6 Å². The van der Waals surface area contributed by atoms with Crippen LogP contribution in [0.1, 0.15) is 42.0 Å². The second-order valence-corrected chi connectivity index (χ2v) is 5.24. The number of rotatable bonds is 5. The maximum absolute atomic E-state index is 12.3. The Balaban J connectivity index is 1.97. The van der Waals surface area contributed by atoms with Gasteiger partial charge in [0.2, 0.25) is 5.91 Å². The van der Waals surface area contributed by atoms with Crippen LogP contribution in [0, 0.1) is 13.8 Å². The molecule has 1 unspecified atom stereocenters. The fraction of sp³-hybridized carbons (Fsp3) is 0.500. The largest absolute Gasteiger partial charge is 0.347 e. The average Bonchev–Trinajstić information content (AvgIpc) is 2.99. The van der Waals surface area contributed by atoms with E-state index in [4.69, 9.17) is 0 Å². The molecule has 2 aromatic heterocycles. The van der Waals surface area contributed by atoms with Gasteiger partial charge in [-0.25, -0.2) is 4.98 Å². The van der Waals surface area contributed by atoms with Crippen molar-refractivity contribution in [3.63, 3.8) is 0 Å². The Morgan fingerprint density at radius 2 is 2.20 bits per heavy atom. The monoisotopic (exact) mass is 275 g/mol. The van der Waals surface area contributed by atoms with Gasteiger partial charge in [-0.3, -0.25) is 9.89 Å². The third kappa shape index (κ3) is 3.07. The van der Waals surface area contributed by atoms with Gasteiger partial charge in [-0.05, 0) is 25.3 Å². The highest BCUT2D eigenvalue weighted by molar-refractivity contribution is 5.76. The molecule has 1 atom stereocenters. The van der Waals surface area contributed by atoms with Gasteiger partial charge in [-0.15, -0.1) is 0 Å². The predicted molar refractivity (Wildman–Crippen MR) is 76.2 cm³/mol. The van der Waals surface area contributed by atoms with Gasteiger partial charge in [0.1, 0.15) is 5.82 Å². The molecule has 2 aromatic rings. The van der Waals surface area contributed by atoms with Crippen molar-refractivity contribution in [2.75, 3.05) is 7.05 Å². The Hall–Kier alpha value is -2.11. The van der Waals surface area contributed by atoms with Crippen molar-refractivity contribution in [3.05, 3.63) is 35.2 Å². The van der Waals surface area contributed by atoms with E-state index < -0.39 is 0 Å². The van der Waals surface area contributed by atoms with Gasteiger partial charge in [-0.1, -0.05) is 6.92 Å². The summed E-state index contributed by atoms with van der Waals surface area (Å²) < 4.78 is 0. The van der Waals surface area contributed by atoms with Crippen LogP contribution in [0.4, 0.5) is 0 Å². The molecule has 0 aliphatic carbocycles. The first-order valence-corrected chi connectivity index (χ1v) is 6.72. The fourth-order valence-electron chi connectivity index (χ4n) is 2.50. The summed E-state index contributed by atoms with van der Waals surface area (Å²) >= 11 is 0. The molecule has 0 aliphatic heterocycles. The zero-order valence-electron chi connectivity index (χ0n) is 12.4. The second-order valence-electron chi connectivity index (χ2n) is 5.24. The highest BCUT2D eigenvalue weighted by atomic mass is 16.2. The van der Waals surface area contributed by atoms with Crippen LogP contribution in [-0.4, -0.2) is 38.0 Å². The van der Waals surface area contributed by atoms with Gasteiger partial charge in [0.15, 0.2) is 0 Å². The summed E-state index contributed by atoms with van der Waals surface area (Å²) in [4.78, 5) is 21.1. The lowest BCUT2D eigenvalue weighted by atomic mass is 9.95. The lowest BCUT2D eigenvalue weighted by Crippen LogP contribution is -2.27. The van der Waals surface area contributed by atoms with Crippen LogP contribution in [0.3, 0.4) is 0 Å². The molecule has 1 amide bonds. The Labute approximate surface area is 118 Å². The van der Waals surface area contributed by atoms with Crippen LogP contribution in [0.15, 0.2) is 12.4 Å². The molecule has 0 spiro atoms. The number of carbonyl (C=O) groups is 1. The van der Waals surface area contributed by atoms with Crippen molar-refractivity contribution >= 4 is 5.91 Å². The predicted octanol–water partition coefficient (Wildman–Crippen LogP) is 1.90. The van der Waals surface area contributed by atoms with E-state index in [1.165, 1.54) is 0 Å². The number of nitrogens with one attached hydrogen (secondary N) is 2. The topological polar surface area (TPSA) is 77.7 Å². The van der Waals surface area contributed by atoms with E-state index in [1.807, 2.05) is 13.8 Å². The van der Waals surface area contributed by atoms with E-state index in [9.17, 15) is 4.79 Å². The molecule has 2 N–H and O–H groups in total. The molecule has 0 radical (unpaired) electrons. The number of hydrogen-bond acceptors (Lipinski definition) is 3. The van der Waals surface area contributed by atoms with Crippen LogP contribution in [0.5, 0.6) is 0 Å². The normalized spacial score (nSPS) is 12.4. The number of aromatic amines is 2. The van der Waals surface area contributed by atoms with Gasteiger partial charge in [-0.2, -0.15) is 5.10 Å². The van der Waals surface area contributed by atoms with Crippen molar-refractivity contribution in [1.82, 2.24) is 25.1 Å². The molecule has 108 valence electrons. The number of aromatic nitrogens is 4. The van der Waals surface area contributed by atoms with E-state index in [1.54, 1.807) is 24.3 Å². The molecular formula is C14H21N5O. The SMILES string of the molecule is Cc1n[nH]c(C)c1C(C)CC(=O)N(C)Cc1ncc[nH]1. The van der Waals surface area contributed by atoms with Crippen LogP contribution >= 0.6 is 0 Å². The molecule has 6 heteroatoms. The lowest BCUT2D eigenvalue weighted by molar-refractivity contribution is -0.130. The van der Waals surface area contributed by atoms with Crippen molar-refractivity contribution in [2.24, 2.45) is 0 Å². The van der Waals surface area contributed by atoms with Gasteiger partial charge in [0.05, 0.1) is 12.2 Å². The first kappa shape index (κ1) is 14.3. The Morgan fingerprint density at radius 3 is 2.75 bits per heavy atom. The van der Waals surface area contributed by atoms with Crippen LogP contribution in [0.2, 0.25) is 0 Å². The molecule has 6 nitrogen and oxygen atoms in total. The van der Waals surface area contributed by atoms with Gasteiger partial charge >= 0.3 is 0 Å². The van der Waals surface area contributed by atoms with E-state index in [0.717, 1.165) is 22.8 Å². The molecule has 0 fully saturated rings. The second kappa shape index (κ2) is 5.90. The number of amides is 1. The number of carbonyl (C=O) groups excluding carboxylic acids is 1. The van der Waals surface area contributed by atoms with E-state index in [-0.39, 0.29) is 11.8 Å². The zero-order valence-corrected chi connectivity index (χ0v) is 12.4. The lowest BCUT2D eigenvalue weighted by Gasteiger charge is -2.19. The Kier molecular flexibility index (Phi) is 4.22. The fourth-order valence-corrected chi connectivity index (χ4v) is 2.50. The van der Waals surface area contributed by atoms with Gasteiger partial charge in [0.25, 0.3) is 0 Å². The standard InChI is InChI=1S/C14H21N5O/c1-9(14-10(2)17-18-11(14)3)7-13(20)19(4)8-12-15-5-6-16-12/h5-6,9H,7-8H2,1-4H3,(H,15,16)(H,17,18). The van der Waals surface area contributed by atoms with E-state index >= 15 is 0 Å². The minimum atomic E-state index is 0.105. The molecule has 0 aliphatic rings. The molecule has 2 heterocycles. The zero-order chi connectivity index (χ0) is 14.7. The molecule has 2 rings (SSSR count). The number of aryl methyl sites for hydroxylation is 2. The molecule has 20 heavy (non-hydrogen) atoms. The summed E-state index contributed by atoms with van der Waals surface area (Å²) in [6, 6.07) is 0. The van der Waals surface area contributed by atoms with E-state index in [0.29, 0.717) is 13.0 Å². The van der Waals surface area contributed by atoms with Crippen molar-refractivity contribution in [2.45, 2.75) is 39.7 Å². The quantitative estimate of drug-likeness (QED) is 0.875. The summed E-state index contributed by atoms with van der Waals surface area (Å²) in [5, 5.41) is 7.15. The van der Waals surface area contributed by atoms with Crippen molar-refractivity contribution in [3.8, 4) is 0 Å². The number of H-pyrrole nitrogens is 2.